The number of allylic oxidation sites excluding steroid dienone is 1. The number of hydrogen-bond donors (Lipinski definition) is 1. The maximum atomic E-state index is 14.2. The molecule has 1 aromatic heterocycles. The Kier molecular flexibility index (Phi) is 5.34. The molecule has 0 saturated carbocycles. The maximum absolute atomic E-state index is 14.2. The van der Waals surface area contributed by atoms with Crippen molar-refractivity contribution in [2.75, 3.05) is 14.2 Å². The van der Waals surface area contributed by atoms with Crippen molar-refractivity contribution in [3.05, 3.63) is 48.7 Å². The molecule has 0 bridgehead atoms. The average Bonchev–Trinajstić information content (AvgIpc) is 3.35. The number of ketones is 2. The van der Waals surface area contributed by atoms with Crippen molar-refractivity contribution in [2.45, 2.75) is 31.3 Å². The Balaban J connectivity index is 1.67. The lowest BCUT2D eigenvalue weighted by molar-refractivity contribution is -0.131. The van der Waals surface area contributed by atoms with Gasteiger partial charge in [-0.15, -0.1) is 11.3 Å². The van der Waals surface area contributed by atoms with Gasteiger partial charge in [0, 0.05) is 40.5 Å². The number of Topliss-reactive ketones (excluding diaryl/α,β-unsaturated/α-hetero) is 2. The molecule has 2 aromatic rings. The van der Waals surface area contributed by atoms with E-state index in [2.05, 4.69) is 21.2 Å². The van der Waals surface area contributed by atoms with E-state index in [0.717, 1.165) is 8.66 Å². The molecular weight excluding hydrogens is 534 g/mol. The third-order valence-electron chi connectivity index (χ3n) is 6.50. The van der Waals surface area contributed by atoms with Crippen molar-refractivity contribution in [1.82, 2.24) is 5.32 Å². The minimum atomic E-state index is -1.79. The number of hydrogen-bond acceptors (Lipinski definition) is 7. The van der Waals surface area contributed by atoms with Crippen LogP contribution in [0.4, 0.5) is 0 Å². The number of amides is 1. The molecule has 3 aliphatic rings. The molecule has 7 nitrogen and oxygen atoms in total. The lowest BCUT2D eigenvalue weighted by Crippen LogP contribution is -2.59. The lowest BCUT2D eigenvalue weighted by atomic mass is 9.67. The van der Waals surface area contributed by atoms with Gasteiger partial charge in [-0.25, -0.2) is 0 Å². The Hall–Kier alpha value is -2.36. The zero-order chi connectivity index (χ0) is 23.7. The molecule has 1 aliphatic carbocycles. The van der Waals surface area contributed by atoms with Crippen molar-refractivity contribution >= 4 is 56.3 Å². The largest absolute Gasteiger partial charge is 0.496 e. The van der Waals surface area contributed by atoms with Gasteiger partial charge in [0.15, 0.2) is 5.75 Å². The fraction of sp³-hybridized carbons (Fsp3) is 0.348. The first-order valence-electron chi connectivity index (χ1n) is 10.2. The summed E-state index contributed by atoms with van der Waals surface area (Å²) in [5, 5.41) is 2.96. The number of methoxy groups -OCH3 is 2. The molecule has 172 valence electrons. The molecule has 10 heteroatoms. The standard InChI is InChI=1S/C23H19BrClNO6S/c1-9-6-11-17(10(7-16(27)26-11)14-4-5-15(24)33-14)21(28)23(9)22(29)18-12(30-2)8-13(31-3)19(25)20(18)32-23/h4-5,8-10H,6-7H2,1-3H3,(H,26,27)/t9-,10+,23+/m1/s1. The second-order valence-corrected chi connectivity index (χ2v) is 11.1. The second-order valence-electron chi connectivity index (χ2n) is 8.24. The Bertz CT molecular complexity index is 1270. The smallest absolute Gasteiger partial charge is 0.236 e. The fourth-order valence-electron chi connectivity index (χ4n) is 4.95. The molecule has 0 fully saturated rings. The van der Waals surface area contributed by atoms with Crippen LogP contribution in [0, 0.1) is 5.92 Å². The summed E-state index contributed by atoms with van der Waals surface area (Å²) in [7, 11) is 2.87. The van der Waals surface area contributed by atoms with Crippen LogP contribution in [0.2, 0.25) is 5.02 Å². The number of ether oxygens (including phenoxy) is 3. The van der Waals surface area contributed by atoms with Crippen LogP contribution in [-0.2, 0) is 9.59 Å². The minimum absolute atomic E-state index is 0.0809. The first kappa shape index (κ1) is 22.4. The summed E-state index contributed by atoms with van der Waals surface area (Å²) in [5.41, 5.74) is -0.709. The molecule has 2 aliphatic heterocycles. The Morgan fingerprint density at radius 3 is 2.52 bits per heavy atom. The van der Waals surface area contributed by atoms with Gasteiger partial charge in [-0.3, -0.25) is 14.4 Å². The predicted molar refractivity (Wildman–Crippen MR) is 126 cm³/mol. The monoisotopic (exact) mass is 551 g/mol. The highest BCUT2D eigenvalue weighted by Gasteiger charge is 2.63. The van der Waals surface area contributed by atoms with Crippen LogP contribution in [0.5, 0.6) is 17.2 Å². The van der Waals surface area contributed by atoms with E-state index in [4.69, 9.17) is 25.8 Å². The van der Waals surface area contributed by atoms with E-state index < -0.39 is 29.0 Å². The molecular formula is C23H19BrClNO6S. The van der Waals surface area contributed by atoms with Gasteiger partial charge in [-0.05, 0) is 34.5 Å². The zero-order valence-corrected chi connectivity index (χ0v) is 21.1. The Labute approximate surface area is 207 Å². The van der Waals surface area contributed by atoms with Crippen LogP contribution in [0.3, 0.4) is 0 Å². The van der Waals surface area contributed by atoms with Crippen LogP contribution < -0.4 is 19.5 Å². The number of rotatable bonds is 3. The first-order chi connectivity index (χ1) is 15.7. The summed E-state index contributed by atoms with van der Waals surface area (Å²) in [4.78, 5) is 41.4. The lowest BCUT2D eigenvalue weighted by Gasteiger charge is -2.41. The van der Waals surface area contributed by atoms with Crippen molar-refractivity contribution < 1.29 is 28.6 Å². The van der Waals surface area contributed by atoms with E-state index in [1.165, 1.54) is 31.6 Å². The normalized spacial score (nSPS) is 26.2. The van der Waals surface area contributed by atoms with E-state index in [9.17, 15) is 14.4 Å². The van der Waals surface area contributed by atoms with Crippen molar-refractivity contribution in [2.24, 2.45) is 5.92 Å². The summed E-state index contributed by atoms with van der Waals surface area (Å²) in [6, 6.07) is 5.27. The van der Waals surface area contributed by atoms with E-state index in [0.29, 0.717) is 17.7 Å². The highest BCUT2D eigenvalue weighted by atomic mass is 79.9. The topological polar surface area (TPSA) is 90.9 Å². The van der Waals surface area contributed by atoms with Crippen LogP contribution in [0.15, 0.2) is 33.3 Å². The van der Waals surface area contributed by atoms with Crippen molar-refractivity contribution in [1.29, 1.82) is 0 Å². The van der Waals surface area contributed by atoms with E-state index in [1.807, 2.05) is 12.1 Å². The van der Waals surface area contributed by atoms with Gasteiger partial charge in [0.2, 0.25) is 23.1 Å². The van der Waals surface area contributed by atoms with Gasteiger partial charge in [-0.1, -0.05) is 18.5 Å². The second kappa shape index (κ2) is 7.85. The minimum Gasteiger partial charge on any atom is -0.496 e. The molecule has 33 heavy (non-hydrogen) atoms. The van der Waals surface area contributed by atoms with Crippen LogP contribution in [-0.4, -0.2) is 37.3 Å². The number of halogens is 2. The summed E-state index contributed by atoms with van der Waals surface area (Å²) < 4.78 is 17.8. The van der Waals surface area contributed by atoms with Gasteiger partial charge in [0.05, 0.1) is 18.0 Å². The average molecular weight is 553 g/mol. The molecule has 0 unspecified atom stereocenters. The quantitative estimate of drug-likeness (QED) is 0.557. The third kappa shape index (κ3) is 3.09. The number of carbonyl (C=O) groups is 3. The summed E-state index contributed by atoms with van der Waals surface area (Å²) >= 11 is 11.4. The SMILES string of the molecule is COc1cc(OC)c2c(c1Cl)O[C@@]1(C(=O)C3=C(C[C@H]1C)NC(=O)C[C@H]3c1ccc(Br)s1)C2=O. The number of thiophene rings is 1. The molecule has 1 amide bonds. The van der Waals surface area contributed by atoms with Gasteiger partial charge in [0.25, 0.3) is 0 Å². The van der Waals surface area contributed by atoms with Crippen molar-refractivity contribution in [3.8, 4) is 17.2 Å². The molecule has 3 heterocycles. The van der Waals surface area contributed by atoms with Gasteiger partial charge in [-0.2, -0.15) is 0 Å². The number of fused-ring (bicyclic) bond motifs is 1. The van der Waals surface area contributed by atoms with Gasteiger partial charge >= 0.3 is 0 Å². The summed E-state index contributed by atoms with van der Waals surface area (Å²) in [5.74, 6) is -1.54. The van der Waals surface area contributed by atoms with Crippen LogP contribution >= 0.6 is 38.9 Å². The van der Waals surface area contributed by atoms with Gasteiger partial charge < -0.3 is 19.5 Å². The van der Waals surface area contributed by atoms with Crippen LogP contribution in [0.1, 0.15) is 40.9 Å². The highest BCUT2D eigenvalue weighted by Crippen LogP contribution is 2.55. The number of benzene rings is 1. The molecule has 3 atom stereocenters. The summed E-state index contributed by atoms with van der Waals surface area (Å²) in [6.45, 7) is 1.76. The highest BCUT2D eigenvalue weighted by molar-refractivity contribution is 9.11. The summed E-state index contributed by atoms with van der Waals surface area (Å²) in [6.07, 6.45) is 0.410. The van der Waals surface area contributed by atoms with Crippen LogP contribution in [0.25, 0.3) is 0 Å². The zero-order valence-electron chi connectivity index (χ0n) is 17.9. The first-order valence-corrected chi connectivity index (χ1v) is 12.2. The molecule has 0 saturated heterocycles. The fourth-order valence-corrected chi connectivity index (χ4v) is 6.75. The predicted octanol–water partition coefficient (Wildman–Crippen LogP) is 4.66. The van der Waals surface area contributed by atoms with Crippen molar-refractivity contribution in [3.63, 3.8) is 0 Å². The number of nitrogens with one attached hydrogen (secondary N) is 1. The maximum Gasteiger partial charge on any atom is 0.236 e. The molecule has 0 radical (unpaired) electrons. The van der Waals surface area contributed by atoms with E-state index in [1.54, 1.807) is 6.92 Å². The Morgan fingerprint density at radius 1 is 1.15 bits per heavy atom. The molecule has 1 aromatic carbocycles. The third-order valence-corrected chi connectivity index (χ3v) is 8.59. The molecule has 5 rings (SSSR count). The molecule has 1 N–H and O–H groups in total. The Morgan fingerprint density at radius 2 is 1.88 bits per heavy atom. The van der Waals surface area contributed by atoms with E-state index in [-0.39, 0.29) is 40.2 Å². The number of carbonyl (C=O) groups excluding carboxylic acids is 3. The molecule has 1 spiro atoms. The van der Waals surface area contributed by atoms with Gasteiger partial charge in [0.1, 0.15) is 22.1 Å². The van der Waals surface area contributed by atoms with E-state index >= 15 is 0 Å².